The number of amides is 2. The van der Waals surface area contributed by atoms with E-state index in [-0.39, 0.29) is 28.9 Å². The predicted molar refractivity (Wildman–Crippen MR) is 121 cm³/mol. The second-order valence-corrected chi connectivity index (χ2v) is 9.61. The molecule has 3 rings (SSSR count). The highest BCUT2D eigenvalue weighted by molar-refractivity contribution is 7.92. The normalized spacial score (nSPS) is 15.2. The first kappa shape index (κ1) is 23.7. The molecule has 0 saturated carbocycles. The van der Waals surface area contributed by atoms with Crippen LogP contribution in [0.15, 0.2) is 42.5 Å². The highest BCUT2D eigenvalue weighted by atomic mass is 32.2. The Hall–Kier alpha value is -2.98. The number of carbonyl (C=O) groups is 2. The van der Waals surface area contributed by atoms with Crippen LogP contribution in [0.2, 0.25) is 0 Å². The Balaban J connectivity index is 1.76. The lowest BCUT2D eigenvalue weighted by Crippen LogP contribution is -2.35. The number of hydrogen-bond acceptors (Lipinski definition) is 5. The summed E-state index contributed by atoms with van der Waals surface area (Å²) in [7, 11) is -3.60. The molecule has 32 heavy (non-hydrogen) atoms. The first-order valence-corrected chi connectivity index (χ1v) is 12.2. The zero-order valence-corrected chi connectivity index (χ0v) is 18.9. The molecule has 8 nitrogen and oxygen atoms in total. The van der Waals surface area contributed by atoms with Crippen LogP contribution < -0.4 is 10.0 Å². The highest BCUT2D eigenvalue weighted by Gasteiger charge is 2.24. The molecule has 10 heteroatoms. The van der Waals surface area contributed by atoms with Crippen molar-refractivity contribution in [3.05, 3.63) is 59.4 Å². The molecule has 1 saturated heterocycles. The average molecular weight is 463 g/mol. The molecule has 2 aromatic carbocycles. The molecule has 1 aliphatic heterocycles. The standard InChI is InChI=1S/C22H27FN4O4S/c1-16(28)24-19-8-9-21(25-32(2,30)31)20(14-19)22(29)27-11-3-10-26(12-13-27)15-17-4-6-18(23)7-5-17/h4-9,14,25H,3,10-13,15H2,1-2H3,(H,24,28). The predicted octanol–water partition coefficient (Wildman–Crippen LogP) is 2.50. The van der Waals surface area contributed by atoms with Crippen LogP contribution in [0, 0.1) is 5.82 Å². The minimum atomic E-state index is -3.60. The van der Waals surface area contributed by atoms with Gasteiger partial charge in [0.1, 0.15) is 5.82 Å². The van der Waals surface area contributed by atoms with E-state index in [0.29, 0.717) is 31.9 Å². The fraction of sp³-hybridized carbons (Fsp3) is 0.364. The van der Waals surface area contributed by atoms with Crippen LogP contribution in [-0.2, 0) is 21.4 Å². The van der Waals surface area contributed by atoms with Gasteiger partial charge in [-0.1, -0.05) is 12.1 Å². The van der Waals surface area contributed by atoms with Gasteiger partial charge in [0, 0.05) is 45.3 Å². The molecule has 0 aliphatic carbocycles. The van der Waals surface area contributed by atoms with E-state index < -0.39 is 10.0 Å². The summed E-state index contributed by atoms with van der Waals surface area (Å²) in [4.78, 5) is 28.6. The van der Waals surface area contributed by atoms with Gasteiger partial charge in [0.25, 0.3) is 5.91 Å². The molecule has 0 bridgehead atoms. The van der Waals surface area contributed by atoms with E-state index in [2.05, 4.69) is 14.9 Å². The van der Waals surface area contributed by atoms with Crippen molar-refractivity contribution in [3.63, 3.8) is 0 Å². The van der Waals surface area contributed by atoms with E-state index in [1.165, 1.54) is 31.2 Å². The van der Waals surface area contributed by atoms with Crippen molar-refractivity contribution in [2.45, 2.75) is 19.9 Å². The molecule has 2 N–H and O–H groups in total. The molecule has 0 spiro atoms. The molecule has 2 amide bonds. The maximum Gasteiger partial charge on any atom is 0.256 e. The van der Waals surface area contributed by atoms with Crippen LogP contribution in [0.3, 0.4) is 0 Å². The van der Waals surface area contributed by atoms with Crippen LogP contribution in [0.1, 0.15) is 29.3 Å². The number of anilines is 2. The number of hydrogen-bond donors (Lipinski definition) is 2. The van der Waals surface area contributed by atoms with Gasteiger partial charge in [0.2, 0.25) is 15.9 Å². The van der Waals surface area contributed by atoms with Gasteiger partial charge in [-0.25, -0.2) is 12.8 Å². The summed E-state index contributed by atoms with van der Waals surface area (Å²) >= 11 is 0. The summed E-state index contributed by atoms with van der Waals surface area (Å²) in [6.07, 6.45) is 1.76. The summed E-state index contributed by atoms with van der Waals surface area (Å²) < 4.78 is 39.1. The molecule has 172 valence electrons. The van der Waals surface area contributed by atoms with E-state index in [1.807, 2.05) is 0 Å². The zero-order chi connectivity index (χ0) is 23.3. The summed E-state index contributed by atoms with van der Waals surface area (Å²) in [5, 5.41) is 2.62. The van der Waals surface area contributed by atoms with E-state index in [1.54, 1.807) is 23.1 Å². The van der Waals surface area contributed by atoms with E-state index in [0.717, 1.165) is 24.8 Å². The Morgan fingerprint density at radius 1 is 1.03 bits per heavy atom. The molecular formula is C22H27FN4O4S. The monoisotopic (exact) mass is 462 g/mol. The van der Waals surface area contributed by atoms with Crippen molar-refractivity contribution in [1.29, 1.82) is 0 Å². The minimum absolute atomic E-state index is 0.166. The third kappa shape index (κ3) is 6.76. The van der Waals surface area contributed by atoms with Crippen molar-refractivity contribution < 1.29 is 22.4 Å². The SMILES string of the molecule is CC(=O)Nc1ccc(NS(C)(=O)=O)c(C(=O)N2CCCN(Cc3ccc(F)cc3)CC2)c1. The maximum atomic E-state index is 13.3. The largest absolute Gasteiger partial charge is 0.337 e. The van der Waals surface area contributed by atoms with Crippen molar-refractivity contribution >= 4 is 33.2 Å². The van der Waals surface area contributed by atoms with Crippen molar-refractivity contribution in [3.8, 4) is 0 Å². The van der Waals surface area contributed by atoms with Crippen LogP contribution in [-0.4, -0.2) is 62.5 Å². The molecule has 1 fully saturated rings. The van der Waals surface area contributed by atoms with Gasteiger partial charge in [-0.2, -0.15) is 0 Å². The van der Waals surface area contributed by atoms with Crippen molar-refractivity contribution in [2.24, 2.45) is 0 Å². The lowest BCUT2D eigenvalue weighted by molar-refractivity contribution is -0.114. The number of rotatable bonds is 6. The Morgan fingerprint density at radius 3 is 2.41 bits per heavy atom. The fourth-order valence-electron chi connectivity index (χ4n) is 3.64. The van der Waals surface area contributed by atoms with Crippen molar-refractivity contribution in [1.82, 2.24) is 9.80 Å². The maximum absolute atomic E-state index is 13.3. The summed E-state index contributed by atoms with van der Waals surface area (Å²) in [5.41, 5.74) is 1.74. The number of sulfonamides is 1. The average Bonchev–Trinajstić information content (AvgIpc) is 2.94. The minimum Gasteiger partial charge on any atom is -0.337 e. The highest BCUT2D eigenvalue weighted by Crippen LogP contribution is 2.24. The smallest absolute Gasteiger partial charge is 0.256 e. The lowest BCUT2D eigenvalue weighted by atomic mass is 10.1. The van der Waals surface area contributed by atoms with E-state index >= 15 is 0 Å². The zero-order valence-electron chi connectivity index (χ0n) is 18.1. The lowest BCUT2D eigenvalue weighted by Gasteiger charge is -2.23. The molecule has 0 radical (unpaired) electrons. The first-order chi connectivity index (χ1) is 15.1. The Morgan fingerprint density at radius 2 is 1.75 bits per heavy atom. The van der Waals surface area contributed by atoms with Crippen LogP contribution in [0.4, 0.5) is 15.8 Å². The molecule has 1 heterocycles. The molecule has 1 aliphatic rings. The molecular weight excluding hydrogens is 435 g/mol. The molecule has 0 atom stereocenters. The number of nitrogens with zero attached hydrogens (tertiary/aromatic N) is 2. The van der Waals surface area contributed by atoms with Crippen LogP contribution in [0.5, 0.6) is 0 Å². The topological polar surface area (TPSA) is 98.8 Å². The van der Waals surface area contributed by atoms with E-state index in [9.17, 15) is 22.4 Å². The van der Waals surface area contributed by atoms with Crippen molar-refractivity contribution in [2.75, 3.05) is 42.5 Å². The number of benzene rings is 2. The quantitative estimate of drug-likeness (QED) is 0.687. The van der Waals surface area contributed by atoms with Gasteiger partial charge in [-0.3, -0.25) is 19.2 Å². The summed E-state index contributed by atoms with van der Waals surface area (Å²) in [5.74, 6) is -0.883. The first-order valence-electron chi connectivity index (χ1n) is 10.3. The fourth-order valence-corrected chi connectivity index (χ4v) is 4.22. The summed E-state index contributed by atoms with van der Waals surface area (Å²) in [6, 6.07) is 10.9. The Bertz CT molecular complexity index is 1090. The second kappa shape index (κ2) is 10.1. The van der Waals surface area contributed by atoms with Gasteiger partial charge >= 0.3 is 0 Å². The van der Waals surface area contributed by atoms with Crippen LogP contribution >= 0.6 is 0 Å². The van der Waals surface area contributed by atoms with Gasteiger partial charge in [-0.05, 0) is 42.3 Å². The van der Waals surface area contributed by atoms with E-state index in [4.69, 9.17) is 0 Å². The van der Waals surface area contributed by atoms with Gasteiger partial charge in [0.15, 0.2) is 0 Å². The molecule has 2 aromatic rings. The number of carbonyl (C=O) groups excluding carboxylic acids is 2. The van der Waals surface area contributed by atoms with Gasteiger partial charge in [0.05, 0.1) is 17.5 Å². The third-order valence-electron chi connectivity index (χ3n) is 5.06. The van der Waals surface area contributed by atoms with Crippen LogP contribution in [0.25, 0.3) is 0 Å². The molecule has 0 aromatic heterocycles. The number of nitrogens with one attached hydrogen (secondary N) is 2. The van der Waals surface area contributed by atoms with Gasteiger partial charge < -0.3 is 10.2 Å². The Labute approximate surface area is 187 Å². The summed E-state index contributed by atoms with van der Waals surface area (Å²) in [6.45, 7) is 4.39. The third-order valence-corrected chi connectivity index (χ3v) is 5.65. The molecule has 0 unspecified atom stereocenters. The number of halogens is 1. The van der Waals surface area contributed by atoms with Gasteiger partial charge in [-0.15, -0.1) is 0 Å². The Kier molecular flexibility index (Phi) is 7.47. The second-order valence-electron chi connectivity index (χ2n) is 7.86.